The maximum absolute atomic E-state index is 5.68. The molecule has 0 radical (unpaired) electrons. The van der Waals surface area contributed by atoms with Gasteiger partial charge in [-0.05, 0) is 35.6 Å². The van der Waals surface area contributed by atoms with Gasteiger partial charge in [-0.25, -0.2) is 4.99 Å². The van der Waals surface area contributed by atoms with Crippen LogP contribution in [0.25, 0.3) is 0 Å². The summed E-state index contributed by atoms with van der Waals surface area (Å²) < 4.78 is 1.75. The van der Waals surface area contributed by atoms with Crippen LogP contribution in [0.2, 0.25) is 0 Å². The highest BCUT2D eigenvalue weighted by Gasteiger charge is 2.22. The Morgan fingerprint density at radius 3 is 2.83 bits per heavy atom. The van der Waals surface area contributed by atoms with Crippen LogP contribution < -0.4 is 16.5 Å². The third kappa shape index (κ3) is 4.77. The van der Waals surface area contributed by atoms with E-state index in [4.69, 9.17) is 10.8 Å². The lowest BCUT2D eigenvalue weighted by atomic mass is 9.93. The summed E-state index contributed by atoms with van der Waals surface area (Å²) in [5, 5.41) is 14.5. The number of nitrogens with one attached hydrogen (secondary N) is 2. The highest BCUT2D eigenvalue weighted by Crippen LogP contribution is 2.25. The third-order valence-corrected chi connectivity index (χ3v) is 5.30. The molecule has 2 unspecified atom stereocenters. The van der Waals surface area contributed by atoms with Crippen LogP contribution in [0.5, 0.6) is 0 Å². The molecule has 8 nitrogen and oxygen atoms in total. The normalized spacial score (nSPS) is 20.4. The van der Waals surface area contributed by atoms with Crippen LogP contribution in [0.15, 0.2) is 70.8 Å². The molecule has 29 heavy (non-hydrogen) atoms. The molecule has 0 amide bonds. The highest BCUT2D eigenvalue weighted by molar-refractivity contribution is 5.94. The van der Waals surface area contributed by atoms with Crippen LogP contribution in [0, 0.1) is 11.8 Å². The lowest BCUT2D eigenvalue weighted by Gasteiger charge is -2.29. The van der Waals surface area contributed by atoms with Crippen molar-refractivity contribution in [3.63, 3.8) is 0 Å². The molecule has 1 aromatic heterocycles. The topological polar surface area (TPSA) is 95.9 Å². The van der Waals surface area contributed by atoms with Crippen molar-refractivity contribution in [1.29, 1.82) is 0 Å². The molecule has 0 saturated heterocycles. The number of hydrogen-bond acceptors (Lipinski definition) is 6. The molecule has 0 saturated carbocycles. The van der Waals surface area contributed by atoms with Gasteiger partial charge in [-0.3, -0.25) is 4.68 Å². The molecule has 0 spiro atoms. The predicted octanol–water partition coefficient (Wildman–Crippen LogP) is 2.90. The SMILES string of the molecule is C=C1C=C(C2C=CNC(Nc3ccnn3C)=N2)C=CN1/C(CC(C)C(C)C)=N\N. The summed E-state index contributed by atoms with van der Waals surface area (Å²) in [7, 11) is 1.88. The minimum atomic E-state index is -0.116. The van der Waals surface area contributed by atoms with E-state index in [1.54, 1.807) is 10.9 Å². The van der Waals surface area contributed by atoms with Crippen LogP contribution in [0.1, 0.15) is 27.2 Å². The minimum Gasteiger partial charge on any atom is -0.333 e. The first-order chi connectivity index (χ1) is 13.9. The number of nitrogens with zero attached hydrogens (tertiary/aromatic N) is 5. The Hall–Kier alpha value is -3.29. The molecule has 0 aromatic carbocycles. The standard InChI is InChI=1S/C21H30N8/c1-14(2)15(3)12-20(27-22)29-11-8-17(13-16(29)4)18-6-9-23-21(25-18)26-19-7-10-24-28(19)5/h6-11,13-15,18H,4,12,22H2,1-3,5H3,(H2,23,25,26)/b27-20-. The quantitative estimate of drug-likeness (QED) is 0.309. The van der Waals surface area contributed by atoms with Crippen LogP contribution >= 0.6 is 0 Å². The maximum Gasteiger partial charge on any atom is 0.201 e. The number of amidine groups is 1. The fourth-order valence-electron chi connectivity index (χ4n) is 3.05. The zero-order chi connectivity index (χ0) is 21.0. The van der Waals surface area contributed by atoms with E-state index < -0.39 is 0 Å². The van der Waals surface area contributed by atoms with E-state index >= 15 is 0 Å². The molecule has 0 aliphatic carbocycles. The fourth-order valence-corrected chi connectivity index (χ4v) is 3.05. The fraction of sp³-hybridized carbons (Fsp3) is 0.381. The number of aryl methyl sites for hydroxylation is 1. The second-order valence-corrected chi connectivity index (χ2v) is 7.68. The van der Waals surface area contributed by atoms with E-state index in [-0.39, 0.29) is 6.04 Å². The summed E-state index contributed by atoms with van der Waals surface area (Å²) in [6, 6.07) is 1.78. The van der Waals surface area contributed by atoms with E-state index in [0.29, 0.717) is 17.8 Å². The number of allylic oxidation sites excluding steroid dienone is 1. The van der Waals surface area contributed by atoms with Crippen molar-refractivity contribution in [2.24, 2.45) is 34.8 Å². The van der Waals surface area contributed by atoms with Gasteiger partial charge in [0, 0.05) is 37.6 Å². The van der Waals surface area contributed by atoms with Gasteiger partial charge in [-0.2, -0.15) is 10.2 Å². The number of guanidine groups is 1. The first kappa shape index (κ1) is 20.4. The number of nitrogens with two attached hydrogens (primary N) is 1. The molecule has 4 N–H and O–H groups in total. The molecule has 2 aliphatic heterocycles. The van der Waals surface area contributed by atoms with E-state index in [0.717, 1.165) is 29.3 Å². The summed E-state index contributed by atoms with van der Waals surface area (Å²) in [5.74, 6) is 9.04. The number of rotatable bonds is 5. The van der Waals surface area contributed by atoms with Crippen LogP contribution in [-0.4, -0.2) is 32.5 Å². The van der Waals surface area contributed by atoms with Crippen molar-refractivity contribution >= 4 is 17.6 Å². The predicted molar refractivity (Wildman–Crippen MR) is 119 cm³/mol. The number of aromatic nitrogens is 2. The summed E-state index contributed by atoms with van der Waals surface area (Å²) in [5.41, 5.74) is 1.87. The van der Waals surface area contributed by atoms with Crippen molar-refractivity contribution in [3.05, 3.63) is 60.7 Å². The van der Waals surface area contributed by atoms with E-state index in [1.165, 1.54) is 0 Å². The number of anilines is 1. The number of aliphatic imine (C=N–C) groups is 1. The number of hydrogen-bond donors (Lipinski definition) is 3. The molecular formula is C21H30N8. The molecular weight excluding hydrogens is 364 g/mol. The summed E-state index contributed by atoms with van der Waals surface area (Å²) in [6.07, 6.45) is 12.5. The lowest BCUT2D eigenvalue weighted by Crippen LogP contribution is -2.33. The van der Waals surface area contributed by atoms with Gasteiger partial charge >= 0.3 is 0 Å². The van der Waals surface area contributed by atoms with Crippen molar-refractivity contribution in [3.8, 4) is 0 Å². The Kier molecular flexibility index (Phi) is 6.21. The van der Waals surface area contributed by atoms with Gasteiger partial charge in [-0.15, -0.1) is 0 Å². The first-order valence-electron chi connectivity index (χ1n) is 9.79. The molecule has 1 aromatic rings. The lowest BCUT2D eigenvalue weighted by molar-refractivity contribution is 0.422. The van der Waals surface area contributed by atoms with Gasteiger partial charge < -0.3 is 21.4 Å². The van der Waals surface area contributed by atoms with Crippen molar-refractivity contribution in [2.75, 3.05) is 5.32 Å². The monoisotopic (exact) mass is 394 g/mol. The van der Waals surface area contributed by atoms with Gasteiger partial charge in [0.25, 0.3) is 0 Å². The maximum atomic E-state index is 5.68. The van der Waals surface area contributed by atoms with Crippen LogP contribution in [0.3, 0.4) is 0 Å². The van der Waals surface area contributed by atoms with Gasteiger partial charge in [0.15, 0.2) is 0 Å². The van der Waals surface area contributed by atoms with Gasteiger partial charge in [0.1, 0.15) is 11.7 Å². The van der Waals surface area contributed by atoms with Crippen molar-refractivity contribution in [2.45, 2.75) is 33.2 Å². The van der Waals surface area contributed by atoms with Crippen LogP contribution in [0.4, 0.5) is 5.82 Å². The zero-order valence-corrected chi connectivity index (χ0v) is 17.5. The highest BCUT2D eigenvalue weighted by atomic mass is 15.3. The Balaban J connectivity index is 1.71. The molecule has 0 bridgehead atoms. The molecule has 8 heteroatoms. The minimum absolute atomic E-state index is 0.116. The molecule has 2 aliphatic rings. The smallest absolute Gasteiger partial charge is 0.201 e. The van der Waals surface area contributed by atoms with E-state index in [1.807, 2.05) is 48.6 Å². The van der Waals surface area contributed by atoms with Crippen molar-refractivity contribution in [1.82, 2.24) is 20.0 Å². The average Bonchev–Trinajstić information content (AvgIpc) is 3.10. The Morgan fingerprint density at radius 2 is 2.21 bits per heavy atom. The molecule has 2 atom stereocenters. The summed E-state index contributed by atoms with van der Waals surface area (Å²) in [4.78, 5) is 6.70. The average molecular weight is 395 g/mol. The van der Waals surface area contributed by atoms with Gasteiger partial charge in [0.05, 0.1) is 12.2 Å². The zero-order valence-electron chi connectivity index (χ0n) is 17.5. The largest absolute Gasteiger partial charge is 0.333 e. The van der Waals surface area contributed by atoms with E-state index in [9.17, 15) is 0 Å². The molecule has 3 rings (SSSR count). The summed E-state index contributed by atoms with van der Waals surface area (Å²) in [6.45, 7) is 10.8. The molecule has 0 fully saturated rings. The first-order valence-corrected chi connectivity index (χ1v) is 9.79. The Labute approximate surface area is 172 Å². The third-order valence-electron chi connectivity index (χ3n) is 5.30. The second-order valence-electron chi connectivity index (χ2n) is 7.68. The second kappa shape index (κ2) is 8.81. The molecule has 3 heterocycles. The number of hydrazone groups is 1. The Morgan fingerprint density at radius 1 is 1.41 bits per heavy atom. The van der Waals surface area contributed by atoms with E-state index in [2.05, 4.69) is 48.2 Å². The van der Waals surface area contributed by atoms with Crippen LogP contribution in [-0.2, 0) is 7.05 Å². The van der Waals surface area contributed by atoms with Gasteiger partial charge in [0.2, 0.25) is 5.96 Å². The summed E-state index contributed by atoms with van der Waals surface area (Å²) >= 11 is 0. The van der Waals surface area contributed by atoms with Gasteiger partial charge in [-0.1, -0.05) is 27.4 Å². The van der Waals surface area contributed by atoms with Crippen molar-refractivity contribution < 1.29 is 0 Å². The Bertz CT molecular complexity index is 900. The molecule has 154 valence electrons.